The number of hydrogen-bond donors (Lipinski definition) is 2. The van der Waals surface area contributed by atoms with Crippen LogP contribution in [0.3, 0.4) is 0 Å². The van der Waals surface area contributed by atoms with Crippen LogP contribution in [0.1, 0.15) is 38.8 Å². The molecule has 2 N–H and O–H groups in total. The molecule has 2 unspecified atom stereocenters. The lowest BCUT2D eigenvalue weighted by Crippen LogP contribution is -2.42. The summed E-state index contributed by atoms with van der Waals surface area (Å²) in [7, 11) is 0. The van der Waals surface area contributed by atoms with Crippen molar-refractivity contribution in [2.24, 2.45) is 0 Å². The Morgan fingerprint density at radius 1 is 1.57 bits per heavy atom. The van der Waals surface area contributed by atoms with Crippen molar-refractivity contribution < 1.29 is 18.8 Å². The van der Waals surface area contributed by atoms with Crippen molar-refractivity contribution in [3.63, 3.8) is 0 Å². The normalized spacial score (nSPS) is 14.8. The van der Waals surface area contributed by atoms with E-state index < -0.39 is 40.4 Å². The summed E-state index contributed by atoms with van der Waals surface area (Å²) in [6, 6.07) is 1.86. The van der Waals surface area contributed by atoms with Crippen LogP contribution in [0.5, 0.6) is 0 Å². The van der Waals surface area contributed by atoms with E-state index >= 15 is 0 Å². The zero-order valence-electron chi connectivity index (χ0n) is 11.7. The Labute approximate surface area is 139 Å². The Kier molecular flexibility index (Phi) is 6.49. The highest BCUT2D eigenvalue weighted by atomic mass is 79.9. The summed E-state index contributed by atoms with van der Waals surface area (Å²) in [4.78, 5) is 11.0. The first-order valence-electron chi connectivity index (χ1n) is 6.06. The number of nitrogens with one attached hydrogen (secondary N) is 1. The minimum Gasteiger partial charge on any atom is -0.598 e. The van der Waals surface area contributed by atoms with Gasteiger partial charge >= 0.3 is 5.97 Å². The lowest BCUT2D eigenvalue weighted by atomic mass is 10.0. The third kappa shape index (κ3) is 5.41. The zero-order chi connectivity index (χ0) is 16.4. The number of rotatable bonds is 5. The summed E-state index contributed by atoms with van der Waals surface area (Å²) >= 11 is 7.41. The summed E-state index contributed by atoms with van der Waals surface area (Å²) in [5.74, 6) is -1.85. The summed E-state index contributed by atoms with van der Waals surface area (Å²) in [6.07, 6.45) is -0.411. The van der Waals surface area contributed by atoms with E-state index in [1.54, 1.807) is 20.8 Å². The van der Waals surface area contributed by atoms with Crippen molar-refractivity contribution in [2.75, 3.05) is 0 Å². The quantitative estimate of drug-likeness (QED) is 0.582. The lowest BCUT2D eigenvalue weighted by Gasteiger charge is -2.28. The van der Waals surface area contributed by atoms with Crippen molar-refractivity contribution in [2.45, 2.75) is 38.0 Å². The van der Waals surface area contributed by atoms with Gasteiger partial charge in [0.15, 0.2) is 0 Å². The van der Waals surface area contributed by atoms with Crippen LogP contribution in [0.2, 0.25) is 5.02 Å². The molecule has 1 rings (SSSR count). The fourth-order valence-electron chi connectivity index (χ4n) is 1.53. The molecule has 4 nitrogen and oxygen atoms in total. The maximum absolute atomic E-state index is 14.1. The van der Waals surface area contributed by atoms with Gasteiger partial charge in [0.25, 0.3) is 0 Å². The highest BCUT2D eigenvalue weighted by Gasteiger charge is 2.32. The third-order valence-electron chi connectivity index (χ3n) is 2.58. The van der Waals surface area contributed by atoms with Crippen molar-refractivity contribution in [1.29, 1.82) is 0 Å². The first-order valence-corrected chi connectivity index (χ1v) is 8.38. The SMILES string of the molecule is CC(C)(C)[S+]([O-])NC(CC(=O)O)c1cc(Br)cc(Cl)c1F. The highest BCUT2D eigenvalue weighted by Crippen LogP contribution is 2.31. The van der Waals surface area contributed by atoms with E-state index in [9.17, 15) is 13.7 Å². The van der Waals surface area contributed by atoms with Gasteiger partial charge in [0.1, 0.15) is 10.6 Å². The van der Waals surface area contributed by atoms with E-state index in [2.05, 4.69) is 20.7 Å². The molecular formula is C13H16BrClFNO3S. The first kappa shape index (κ1) is 18.7. The minimum absolute atomic E-state index is 0.0642. The summed E-state index contributed by atoms with van der Waals surface area (Å²) in [5.41, 5.74) is 0.0642. The Hall–Kier alpha value is -0.340. The van der Waals surface area contributed by atoms with Crippen molar-refractivity contribution in [3.05, 3.63) is 33.0 Å². The molecule has 1 aromatic rings. The summed E-state index contributed by atoms with van der Waals surface area (Å²) in [5, 5.41) is 8.86. The van der Waals surface area contributed by atoms with Crippen LogP contribution in [0, 0.1) is 5.82 Å². The van der Waals surface area contributed by atoms with Gasteiger partial charge in [-0.15, -0.1) is 4.72 Å². The fraction of sp³-hybridized carbons (Fsp3) is 0.462. The highest BCUT2D eigenvalue weighted by molar-refractivity contribution is 9.10. The lowest BCUT2D eigenvalue weighted by molar-refractivity contribution is -0.137. The molecule has 118 valence electrons. The second-order valence-electron chi connectivity index (χ2n) is 5.44. The Morgan fingerprint density at radius 2 is 2.14 bits per heavy atom. The molecule has 0 aliphatic carbocycles. The first-order chi connectivity index (χ1) is 9.52. The van der Waals surface area contributed by atoms with Crippen LogP contribution in [0.4, 0.5) is 4.39 Å². The largest absolute Gasteiger partial charge is 0.598 e. The number of carboxylic acids is 1. The van der Waals surface area contributed by atoms with Gasteiger partial charge in [-0.25, -0.2) is 4.39 Å². The summed E-state index contributed by atoms with van der Waals surface area (Å²) in [6.45, 7) is 5.20. The predicted molar refractivity (Wildman–Crippen MR) is 85.1 cm³/mol. The molecule has 0 saturated heterocycles. The van der Waals surface area contributed by atoms with Gasteiger partial charge in [-0.3, -0.25) is 4.79 Å². The molecule has 0 aliphatic rings. The van der Waals surface area contributed by atoms with Crippen LogP contribution in [-0.2, 0) is 16.2 Å². The van der Waals surface area contributed by atoms with Gasteiger partial charge in [-0.2, -0.15) is 0 Å². The molecule has 0 aliphatic heterocycles. The van der Waals surface area contributed by atoms with Crippen LogP contribution in [0.25, 0.3) is 0 Å². The summed E-state index contributed by atoms with van der Waals surface area (Å²) < 4.78 is 28.9. The number of carbonyl (C=O) groups is 1. The average molecular weight is 401 g/mol. The van der Waals surface area contributed by atoms with Gasteiger partial charge in [0, 0.05) is 21.4 Å². The second kappa shape index (κ2) is 7.28. The van der Waals surface area contributed by atoms with Crippen LogP contribution >= 0.6 is 27.5 Å². The van der Waals surface area contributed by atoms with Crippen molar-refractivity contribution in [3.8, 4) is 0 Å². The molecule has 0 amide bonds. The van der Waals surface area contributed by atoms with Gasteiger partial charge in [-0.1, -0.05) is 27.5 Å². The number of carboxylic acid groups (broad SMARTS) is 1. The molecule has 0 heterocycles. The Bertz CT molecular complexity index is 539. The third-order valence-corrected chi connectivity index (χ3v) is 4.92. The van der Waals surface area contributed by atoms with Crippen LogP contribution in [0.15, 0.2) is 16.6 Å². The van der Waals surface area contributed by atoms with E-state index in [1.165, 1.54) is 12.1 Å². The van der Waals surface area contributed by atoms with Crippen LogP contribution < -0.4 is 4.72 Å². The van der Waals surface area contributed by atoms with Gasteiger partial charge in [0.05, 0.1) is 17.5 Å². The van der Waals surface area contributed by atoms with Gasteiger partial charge in [-0.05, 0) is 32.9 Å². The molecule has 0 bridgehead atoms. The van der Waals surface area contributed by atoms with Crippen molar-refractivity contribution >= 4 is 44.9 Å². The number of aliphatic carboxylic acids is 1. The number of halogens is 3. The number of hydrogen-bond acceptors (Lipinski definition) is 3. The van der Waals surface area contributed by atoms with Gasteiger partial charge < -0.3 is 9.66 Å². The zero-order valence-corrected chi connectivity index (χ0v) is 14.9. The van der Waals surface area contributed by atoms with Crippen LogP contribution in [-0.4, -0.2) is 20.4 Å². The van der Waals surface area contributed by atoms with Crippen molar-refractivity contribution in [1.82, 2.24) is 4.72 Å². The second-order valence-corrected chi connectivity index (χ2v) is 8.76. The average Bonchev–Trinajstić information content (AvgIpc) is 2.31. The monoisotopic (exact) mass is 399 g/mol. The minimum atomic E-state index is -1.54. The molecule has 2 atom stereocenters. The standard InChI is InChI=1S/C13H16BrClFNO3S/c1-13(2,3)21(20)17-10(6-11(18)19)8-4-7(14)5-9(15)12(8)16/h4-5,10,17H,6H2,1-3H3,(H,18,19). The molecular weight excluding hydrogens is 385 g/mol. The maximum Gasteiger partial charge on any atom is 0.305 e. The molecule has 0 saturated carbocycles. The fourth-order valence-corrected chi connectivity index (χ4v) is 3.18. The smallest absolute Gasteiger partial charge is 0.305 e. The van der Waals surface area contributed by atoms with E-state index in [4.69, 9.17) is 16.7 Å². The number of benzene rings is 1. The molecule has 0 aromatic heterocycles. The molecule has 21 heavy (non-hydrogen) atoms. The maximum atomic E-state index is 14.1. The van der Waals surface area contributed by atoms with E-state index in [0.29, 0.717) is 4.47 Å². The molecule has 1 aromatic carbocycles. The molecule has 8 heteroatoms. The van der Waals surface area contributed by atoms with Gasteiger partial charge in [0.2, 0.25) is 0 Å². The Balaban J connectivity index is 3.17. The molecule has 0 fully saturated rings. The van der Waals surface area contributed by atoms with E-state index in [-0.39, 0.29) is 10.6 Å². The van der Waals surface area contributed by atoms with E-state index in [1.807, 2.05) is 0 Å². The predicted octanol–water partition coefficient (Wildman–Crippen LogP) is 3.81. The Morgan fingerprint density at radius 3 is 2.62 bits per heavy atom. The van der Waals surface area contributed by atoms with E-state index in [0.717, 1.165) is 0 Å². The molecule has 0 radical (unpaired) electrons. The topological polar surface area (TPSA) is 72.4 Å². The molecule has 0 spiro atoms.